The number of para-hydroxylation sites is 1. The van der Waals surface area contributed by atoms with Crippen molar-refractivity contribution in [1.82, 2.24) is 4.90 Å². The summed E-state index contributed by atoms with van der Waals surface area (Å²) in [5.41, 5.74) is 1.13. The van der Waals surface area contributed by atoms with Gasteiger partial charge in [0.15, 0.2) is 0 Å². The van der Waals surface area contributed by atoms with Crippen molar-refractivity contribution in [2.45, 2.75) is 13.0 Å². The molecular formula is C16H15BrClNO2. The average Bonchev–Trinajstić information content (AvgIpc) is 2.45. The fourth-order valence-electron chi connectivity index (χ4n) is 2.08. The molecule has 2 aromatic carbocycles. The minimum atomic E-state index is -0.265. The van der Waals surface area contributed by atoms with E-state index in [1.807, 2.05) is 13.0 Å². The number of aromatic hydroxyl groups is 1. The molecule has 2 rings (SSSR count). The summed E-state index contributed by atoms with van der Waals surface area (Å²) >= 11 is 9.44. The predicted molar refractivity (Wildman–Crippen MR) is 87.8 cm³/mol. The average molecular weight is 369 g/mol. The molecule has 1 N–H and O–H groups in total. The molecule has 0 aliphatic rings. The van der Waals surface area contributed by atoms with E-state index in [-0.39, 0.29) is 17.7 Å². The van der Waals surface area contributed by atoms with Crippen LogP contribution in [0.25, 0.3) is 0 Å². The summed E-state index contributed by atoms with van der Waals surface area (Å²) < 4.78 is 0.820. The molecule has 0 bridgehead atoms. The lowest BCUT2D eigenvalue weighted by Crippen LogP contribution is -2.29. The summed E-state index contributed by atoms with van der Waals surface area (Å²) in [6.45, 7) is 1.86. The van der Waals surface area contributed by atoms with Gasteiger partial charge in [0, 0.05) is 17.1 Å². The van der Waals surface area contributed by atoms with Gasteiger partial charge in [-0.25, -0.2) is 0 Å². The highest BCUT2D eigenvalue weighted by Crippen LogP contribution is 2.29. The van der Waals surface area contributed by atoms with Gasteiger partial charge >= 0.3 is 0 Å². The summed E-state index contributed by atoms with van der Waals surface area (Å²) in [5.74, 6) is -0.0187. The molecule has 21 heavy (non-hydrogen) atoms. The molecule has 1 unspecified atom stereocenters. The number of benzene rings is 2. The fraction of sp³-hybridized carbons (Fsp3) is 0.188. The van der Waals surface area contributed by atoms with Crippen molar-refractivity contribution in [2.75, 3.05) is 7.05 Å². The Morgan fingerprint density at radius 3 is 2.57 bits per heavy atom. The van der Waals surface area contributed by atoms with Crippen molar-refractivity contribution in [3.05, 3.63) is 63.1 Å². The third kappa shape index (κ3) is 3.39. The van der Waals surface area contributed by atoms with E-state index in [0.717, 1.165) is 4.47 Å². The molecule has 0 fully saturated rings. The SMILES string of the molecule is CC(c1ccccc1O)N(C)C(=O)c1ccc(Br)cc1Cl. The lowest BCUT2D eigenvalue weighted by molar-refractivity contribution is 0.0741. The van der Waals surface area contributed by atoms with Crippen molar-refractivity contribution in [3.8, 4) is 5.75 Å². The number of hydrogen-bond acceptors (Lipinski definition) is 2. The number of amides is 1. The van der Waals surface area contributed by atoms with E-state index < -0.39 is 0 Å². The molecule has 5 heteroatoms. The largest absolute Gasteiger partial charge is 0.508 e. The van der Waals surface area contributed by atoms with Gasteiger partial charge in [-0.3, -0.25) is 4.79 Å². The van der Waals surface area contributed by atoms with Crippen LogP contribution in [0.2, 0.25) is 5.02 Å². The minimum Gasteiger partial charge on any atom is -0.508 e. The molecule has 3 nitrogen and oxygen atoms in total. The van der Waals surface area contributed by atoms with E-state index in [0.29, 0.717) is 16.1 Å². The second kappa shape index (κ2) is 6.50. The zero-order valence-electron chi connectivity index (χ0n) is 11.7. The molecule has 0 saturated heterocycles. The quantitative estimate of drug-likeness (QED) is 0.857. The van der Waals surface area contributed by atoms with Crippen molar-refractivity contribution >= 4 is 33.4 Å². The van der Waals surface area contributed by atoms with Crippen molar-refractivity contribution in [2.24, 2.45) is 0 Å². The zero-order chi connectivity index (χ0) is 15.6. The van der Waals surface area contributed by atoms with Crippen LogP contribution in [0, 0.1) is 0 Å². The number of phenols is 1. The van der Waals surface area contributed by atoms with Gasteiger partial charge in [0.25, 0.3) is 5.91 Å². The highest BCUT2D eigenvalue weighted by molar-refractivity contribution is 9.10. The van der Waals surface area contributed by atoms with Crippen LogP contribution in [0.4, 0.5) is 0 Å². The first kappa shape index (κ1) is 15.9. The molecule has 0 radical (unpaired) electrons. The Morgan fingerprint density at radius 2 is 1.95 bits per heavy atom. The summed E-state index contributed by atoms with van der Waals surface area (Å²) in [5, 5.41) is 10.3. The molecule has 0 spiro atoms. The maximum atomic E-state index is 12.5. The van der Waals surface area contributed by atoms with E-state index in [1.165, 1.54) is 0 Å². The van der Waals surface area contributed by atoms with Crippen molar-refractivity contribution in [1.29, 1.82) is 0 Å². The maximum Gasteiger partial charge on any atom is 0.255 e. The lowest BCUT2D eigenvalue weighted by atomic mass is 10.1. The molecule has 110 valence electrons. The number of hydrogen-bond donors (Lipinski definition) is 1. The molecular weight excluding hydrogens is 354 g/mol. The van der Waals surface area contributed by atoms with Crippen molar-refractivity contribution < 1.29 is 9.90 Å². The molecule has 0 saturated carbocycles. The Morgan fingerprint density at radius 1 is 1.29 bits per heavy atom. The van der Waals surface area contributed by atoms with Crippen LogP contribution in [0.3, 0.4) is 0 Å². The number of nitrogens with zero attached hydrogens (tertiary/aromatic N) is 1. The number of rotatable bonds is 3. The Bertz CT molecular complexity index is 675. The molecule has 0 aliphatic heterocycles. The molecule has 2 aromatic rings. The third-order valence-electron chi connectivity index (χ3n) is 3.45. The second-order valence-corrected chi connectivity index (χ2v) is 6.10. The van der Waals surface area contributed by atoms with Crippen LogP contribution >= 0.6 is 27.5 Å². The highest BCUT2D eigenvalue weighted by atomic mass is 79.9. The summed E-state index contributed by atoms with van der Waals surface area (Å²) in [4.78, 5) is 14.1. The standard InChI is InChI=1S/C16H15BrClNO2/c1-10(12-5-3-4-6-15(12)20)19(2)16(21)13-8-7-11(17)9-14(13)18/h3-10,20H,1-2H3. The summed E-state index contributed by atoms with van der Waals surface area (Å²) in [6, 6.07) is 11.9. The first-order valence-corrected chi connectivity index (χ1v) is 7.59. The Labute approximate surface area is 137 Å². The lowest BCUT2D eigenvalue weighted by Gasteiger charge is -2.26. The van der Waals surface area contributed by atoms with Crippen LogP contribution in [0.5, 0.6) is 5.75 Å². The van der Waals surface area contributed by atoms with Gasteiger partial charge in [0.2, 0.25) is 0 Å². The monoisotopic (exact) mass is 367 g/mol. The molecule has 0 aromatic heterocycles. The van der Waals surface area contributed by atoms with E-state index in [9.17, 15) is 9.90 Å². The minimum absolute atomic E-state index is 0.173. The van der Waals surface area contributed by atoms with Gasteiger partial charge in [-0.05, 0) is 31.2 Å². The Hall–Kier alpha value is -1.52. The van der Waals surface area contributed by atoms with Gasteiger partial charge in [0.1, 0.15) is 5.75 Å². The van der Waals surface area contributed by atoms with E-state index in [1.54, 1.807) is 48.3 Å². The molecule has 1 atom stereocenters. The molecule has 0 aliphatic carbocycles. The van der Waals surface area contributed by atoms with Crippen LogP contribution in [-0.2, 0) is 0 Å². The van der Waals surface area contributed by atoms with Gasteiger partial charge in [-0.2, -0.15) is 0 Å². The fourth-order valence-corrected chi connectivity index (χ4v) is 2.83. The number of carbonyl (C=O) groups is 1. The first-order valence-electron chi connectivity index (χ1n) is 6.42. The number of phenolic OH excluding ortho intramolecular Hbond substituents is 1. The third-order valence-corrected chi connectivity index (χ3v) is 4.26. The summed E-state index contributed by atoms with van der Waals surface area (Å²) in [6.07, 6.45) is 0. The first-order chi connectivity index (χ1) is 9.91. The van der Waals surface area contributed by atoms with Crippen LogP contribution in [0.1, 0.15) is 28.9 Å². The Kier molecular flexibility index (Phi) is 4.91. The van der Waals surface area contributed by atoms with Gasteiger partial charge in [-0.1, -0.05) is 45.7 Å². The Balaban J connectivity index is 2.29. The van der Waals surface area contributed by atoms with E-state index in [4.69, 9.17) is 11.6 Å². The highest BCUT2D eigenvalue weighted by Gasteiger charge is 2.22. The topological polar surface area (TPSA) is 40.5 Å². The number of halogens is 2. The van der Waals surface area contributed by atoms with Crippen LogP contribution in [0.15, 0.2) is 46.9 Å². The van der Waals surface area contributed by atoms with Crippen molar-refractivity contribution in [3.63, 3.8) is 0 Å². The zero-order valence-corrected chi connectivity index (χ0v) is 14.0. The number of carbonyl (C=O) groups excluding carboxylic acids is 1. The smallest absolute Gasteiger partial charge is 0.255 e. The summed E-state index contributed by atoms with van der Waals surface area (Å²) in [7, 11) is 1.69. The molecule has 1 amide bonds. The second-order valence-electron chi connectivity index (χ2n) is 4.78. The van der Waals surface area contributed by atoms with Gasteiger partial charge in [0.05, 0.1) is 16.6 Å². The maximum absolute atomic E-state index is 12.5. The normalized spacial score (nSPS) is 12.0. The predicted octanol–water partition coefficient (Wildman–Crippen LogP) is 4.64. The molecule has 0 heterocycles. The van der Waals surface area contributed by atoms with Gasteiger partial charge in [-0.15, -0.1) is 0 Å². The van der Waals surface area contributed by atoms with E-state index in [2.05, 4.69) is 15.9 Å². The van der Waals surface area contributed by atoms with Gasteiger partial charge < -0.3 is 10.0 Å². The van der Waals surface area contributed by atoms with Crippen LogP contribution < -0.4 is 0 Å². The van der Waals surface area contributed by atoms with Crippen LogP contribution in [-0.4, -0.2) is 23.0 Å². The van der Waals surface area contributed by atoms with E-state index >= 15 is 0 Å².